The lowest BCUT2D eigenvalue weighted by atomic mass is 10.2. The molecule has 9 heteroatoms. The summed E-state index contributed by atoms with van der Waals surface area (Å²) in [5.74, 6) is -0.102. The molecule has 0 radical (unpaired) electrons. The first-order valence-electron chi connectivity index (χ1n) is 15.6. The third kappa shape index (κ3) is 20.8. The van der Waals surface area contributed by atoms with Gasteiger partial charge in [0, 0.05) is 26.2 Å². The molecule has 0 saturated carbocycles. The lowest BCUT2D eigenvalue weighted by Gasteiger charge is -2.14. The number of aliphatic imine (C=N–C) groups is 2. The van der Waals surface area contributed by atoms with Gasteiger partial charge < -0.3 is 27.0 Å². The van der Waals surface area contributed by atoms with Crippen LogP contribution < -0.4 is 22.1 Å². The van der Waals surface area contributed by atoms with Crippen LogP contribution in [0.2, 0.25) is 0 Å². The van der Waals surface area contributed by atoms with E-state index in [1.54, 1.807) is 38.1 Å². The van der Waals surface area contributed by atoms with Gasteiger partial charge >= 0.3 is 0 Å². The van der Waals surface area contributed by atoms with Gasteiger partial charge in [-0.3, -0.25) is 9.59 Å². The Bertz CT molecular complexity index is 1240. The number of nitrogens with zero attached hydrogens (tertiary/aromatic N) is 3. The van der Waals surface area contributed by atoms with Crippen LogP contribution in [0, 0.1) is 0 Å². The Morgan fingerprint density at radius 2 is 1.29 bits per heavy atom. The first-order chi connectivity index (χ1) is 21.7. The van der Waals surface area contributed by atoms with E-state index in [1.165, 1.54) is 0 Å². The number of hydrogen-bond acceptors (Lipinski definition) is 3. The van der Waals surface area contributed by atoms with Gasteiger partial charge in [0.15, 0.2) is 5.96 Å². The van der Waals surface area contributed by atoms with Gasteiger partial charge in [-0.1, -0.05) is 92.0 Å². The second-order valence-corrected chi connectivity index (χ2v) is 10.5. The molecular weight excluding hydrogens is 562 g/mol. The molecule has 1 atom stereocenters. The highest BCUT2D eigenvalue weighted by Crippen LogP contribution is 2.11. The van der Waals surface area contributed by atoms with Gasteiger partial charge in [0.2, 0.25) is 17.8 Å². The Balaban J connectivity index is 2.22. The molecule has 244 valence electrons. The topological polar surface area (TPSA) is 138 Å². The fourth-order valence-electron chi connectivity index (χ4n) is 3.60. The number of nitrogens with one attached hydrogen (secondary N) is 2. The molecule has 0 aromatic heterocycles. The van der Waals surface area contributed by atoms with Gasteiger partial charge in [0.1, 0.15) is 6.04 Å². The quantitative estimate of drug-likeness (QED) is 0.0822. The van der Waals surface area contributed by atoms with Gasteiger partial charge in [-0.2, -0.15) is 4.99 Å². The SMILES string of the molecule is CC/C=C\C/C=C\C/C=C\C/C=C\C/C=C\C/C=C\CCC(=O)N[C@@H](C)C(=O)Nc1ccc(CN=C(N)/N=C(\N)N(C)C)cc1. The highest BCUT2D eigenvalue weighted by atomic mass is 16.2. The summed E-state index contributed by atoms with van der Waals surface area (Å²) in [5.41, 5.74) is 13.0. The summed E-state index contributed by atoms with van der Waals surface area (Å²) in [6.45, 7) is 4.13. The molecule has 1 aromatic rings. The maximum atomic E-state index is 12.5. The standard InChI is InChI=1S/C36H53N7O2/c1-5-6-7-8-9-10-11-12-13-14-15-16-17-18-19-20-21-22-23-24-33(44)40-30(2)34(45)41-32-27-25-31(26-28-32)29-39-35(37)42-36(38)43(3)4/h6-7,9-10,12-13,15-16,18-19,21-22,25-28,30H,5,8,11,14,17,20,23-24,29H2,1-4H3,(H,40,44)(H,41,45)(H4,37,38,39,42)/b7-6-,10-9-,13-12-,16-15-,19-18-,22-21-/t30-/m0/s1. The van der Waals surface area contributed by atoms with Crippen LogP contribution in [0.5, 0.6) is 0 Å². The second kappa shape index (κ2) is 24.7. The summed E-state index contributed by atoms with van der Waals surface area (Å²) in [5, 5.41) is 5.57. The second-order valence-electron chi connectivity index (χ2n) is 10.5. The number of rotatable bonds is 19. The zero-order chi connectivity index (χ0) is 33.1. The minimum absolute atomic E-state index is 0.0870. The largest absolute Gasteiger partial charge is 0.369 e. The van der Waals surface area contributed by atoms with Gasteiger partial charge in [0.05, 0.1) is 6.54 Å². The van der Waals surface area contributed by atoms with E-state index in [0.29, 0.717) is 25.1 Å². The molecule has 0 spiro atoms. The smallest absolute Gasteiger partial charge is 0.246 e. The minimum Gasteiger partial charge on any atom is -0.369 e. The van der Waals surface area contributed by atoms with Crippen LogP contribution in [0.4, 0.5) is 5.69 Å². The Morgan fingerprint density at radius 3 is 1.78 bits per heavy atom. The summed E-state index contributed by atoms with van der Waals surface area (Å²) >= 11 is 0. The van der Waals surface area contributed by atoms with Crippen LogP contribution in [-0.4, -0.2) is 48.8 Å². The summed E-state index contributed by atoms with van der Waals surface area (Å²) in [7, 11) is 3.53. The maximum absolute atomic E-state index is 12.5. The molecule has 0 unspecified atom stereocenters. The van der Waals surface area contributed by atoms with Crippen LogP contribution in [0.3, 0.4) is 0 Å². The van der Waals surface area contributed by atoms with Crippen LogP contribution in [0.25, 0.3) is 0 Å². The summed E-state index contributed by atoms with van der Waals surface area (Å²) < 4.78 is 0. The Kier molecular flexibility index (Phi) is 21.1. The highest BCUT2D eigenvalue weighted by Gasteiger charge is 2.15. The molecule has 0 aliphatic rings. The van der Waals surface area contributed by atoms with Crippen molar-refractivity contribution in [3.63, 3.8) is 0 Å². The molecule has 0 bridgehead atoms. The molecule has 1 rings (SSSR count). The normalized spacial score (nSPS) is 13.7. The number of allylic oxidation sites excluding steroid dienone is 12. The zero-order valence-corrected chi connectivity index (χ0v) is 27.5. The molecular formula is C36H53N7O2. The van der Waals surface area contributed by atoms with Gasteiger partial charge in [-0.25, -0.2) is 4.99 Å². The average Bonchev–Trinajstić information content (AvgIpc) is 3.01. The van der Waals surface area contributed by atoms with E-state index in [1.807, 2.05) is 24.3 Å². The third-order valence-corrected chi connectivity index (χ3v) is 6.24. The van der Waals surface area contributed by atoms with E-state index in [-0.39, 0.29) is 23.7 Å². The fourth-order valence-corrected chi connectivity index (χ4v) is 3.60. The van der Waals surface area contributed by atoms with Crippen LogP contribution in [-0.2, 0) is 16.1 Å². The summed E-state index contributed by atoms with van der Waals surface area (Å²) in [6.07, 6.45) is 32.5. The van der Waals surface area contributed by atoms with Gasteiger partial charge in [0.25, 0.3) is 0 Å². The number of anilines is 1. The summed E-state index contributed by atoms with van der Waals surface area (Å²) in [4.78, 5) is 34.6. The Hall–Kier alpha value is -4.66. The molecule has 0 aliphatic heterocycles. The van der Waals surface area contributed by atoms with E-state index in [0.717, 1.165) is 44.1 Å². The van der Waals surface area contributed by atoms with Gasteiger partial charge in [-0.05, 0) is 69.6 Å². The molecule has 2 amide bonds. The maximum Gasteiger partial charge on any atom is 0.246 e. The summed E-state index contributed by atoms with van der Waals surface area (Å²) in [6, 6.07) is 6.55. The van der Waals surface area contributed by atoms with Crippen molar-refractivity contribution in [3.05, 3.63) is 103 Å². The van der Waals surface area contributed by atoms with E-state index in [2.05, 4.69) is 88.3 Å². The Morgan fingerprint density at radius 1 is 0.800 bits per heavy atom. The molecule has 6 N–H and O–H groups in total. The number of carbonyl (C=O) groups is 2. The monoisotopic (exact) mass is 615 g/mol. The first kappa shape index (κ1) is 38.4. The van der Waals surface area contributed by atoms with Crippen molar-refractivity contribution in [1.82, 2.24) is 10.2 Å². The van der Waals surface area contributed by atoms with Crippen LogP contribution >= 0.6 is 0 Å². The lowest BCUT2D eigenvalue weighted by Crippen LogP contribution is -2.41. The number of guanidine groups is 2. The van der Waals surface area contributed by atoms with E-state index in [9.17, 15) is 9.59 Å². The highest BCUT2D eigenvalue weighted by molar-refractivity contribution is 5.97. The average molecular weight is 616 g/mol. The first-order valence-corrected chi connectivity index (χ1v) is 15.6. The fraction of sp³-hybridized carbons (Fsp3) is 0.389. The molecule has 1 aromatic carbocycles. The van der Waals surface area contributed by atoms with Crippen molar-refractivity contribution in [1.29, 1.82) is 0 Å². The number of hydrogen-bond donors (Lipinski definition) is 4. The number of carbonyl (C=O) groups excluding carboxylic acids is 2. The molecule has 0 fully saturated rings. The van der Waals surface area contributed by atoms with Crippen molar-refractivity contribution in [2.45, 2.75) is 77.8 Å². The van der Waals surface area contributed by atoms with Crippen molar-refractivity contribution < 1.29 is 9.59 Å². The molecule has 45 heavy (non-hydrogen) atoms. The van der Waals surface area contributed by atoms with Crippen LogP contribution in [0.15, 0.2) is 107 Å². The third-order valence-electron chi connectivity index (χ3n) is 6.24. The van der Waals surface area contributed by atoms with Gasteiger partial charge in [-0.15, -0.1) is 0 Å². The van der Waals surface area contributed by atoms with Crippen LogP contribution in [0.1, 0.15) is 70.8 Å². The predicted octanol–water partition coefficient (Wildman–Crippen LogP) is 6.30. The van der Waals surface area contributed by atoms with Crippen molar-refractivity contribution >= 4 is 29.4 Å². The number of benzene rings is 1. The lowest BCUT2D eigenvalue weighted by molar-refractivity contribution is -0.126. The van der Waals surface area contributed by atoms with E-state index < -0.39 is 6.04 Å². The van der Waals surface area contributed by atoms with Crippen molar-refractivity contribution in [2.75, 3.05) is 19.4 Å². The Labute approximate surface area is 270 Å². The predicted molar refractivity (Wildman–Crippen MR) is 191 cm³/mol. The molecule has 0 heterocycles. The molecule has 0 saturated heterocycles. The molecule has 0 aliphatic carbocycles. The minimum atomic E-state index is -0.660. The number of amides is 2. The zero-order valence-electron chi connectivity index (χ0n) is 27.5. The number of nitrogens with two attached hydrogens (primary N) is 2. The van der Waals surface area contributed by atoms with E-state index >= 15 is 0 Å². The molecule has 9 nitrogen and oxygen atoms in total. The van der Waals surface area contributed by atoms with E-state index in [4.69, 9.17) is 11.5 Å². The van der Waals surface area contributed by atoms with Crippen molar-refractivity contribution in [2.24, 2.45) is 21.5 Å². The van der Waals surface area contributed by atoms with Crippen molar-refractivity contribution in [3.8, 4) is 0 Å².